The molecular weight excluding hydrogens is 206 g/mol. The molecule has 1 atom stereocenters. The maximum Gasteiger partial charge on any atom is 0.303 e. The standard InChI is InChI=1S/C12H17NO3/c1-9(13-8-4-7-12(15)16)10-5-2-3-6-11(10)14/h2-3,5-6,9,13-14H,4,7-8H2,1H3,(H,15,16). The average molecular weight is 223 g/mol. The summed E-state index contributed by atoms with van der Waals surface area (Å²) in [6.07, 6.45) is 0.758. The Bertz CT molecular complexity index is 352. The molecule has 0 saturated heterocycles. The second kappa shape index (κ2) is 6.12. The van der Waals surface area contributed by atoms with Crippen LogP contribution in [0.5, 0.6) is 5.75 Å². The quantitative estimate of drug-likeness (QED) is 0.644. The van der Waals surface area contributed by atoms with Crippen LogP contribution in [0.25, 0.3) is 0 Å². The zero-order valence-electron chi connectivity index (χ0n) is 9.31. The number of hydrogen-bond acceptors (Lipinski definition) is 3. The third-order valence-corrected chi connectivity index (χ3v) is 2.42. The molecule has 0 spiro atoms. The largest absolute Gasteiger partial charge is 0.508 e. The van der Waals surface area contributed by atoms with E-state index in [1.165, 1.54) is 0 Å². The number of para-hydroxylation sites is 1. The van der Waals surface area contributed by atoms with E-state index in [1.54, 1.807) is 12.1 Å². The van der Waals surface area contributed by atoms with Crippen LogP contribution >= 0.6 is 0 Å². The smallest absolute Gasteiger partial charge is 0.303 e. The molecule has 1 aromatic carbocycles. The van der Waals surface area contributed by atoms with E-state index in [9.17, 15) is 9.90 Å². The van der Waals surface area contributed by atoms with Gasteiger partial charge in [-0.05, 0) is 26.0 Å². The van der Waals surface area contributed by atoms with Crippen molar-refractivity contribution in [1.82, 2.24) is 5.32 Å². The molecule has 88 valence electrons. The molecule has 0 saturated carbocycles. The van der Waals surface area contributed by atoms with Crippen LogP contribution in [0.3, 0.4) is 0 Å². The number of carbonyl (C=O) groups is 1. The van der Waals surface area contributed by atoms with Crippen molar-refractivity contribution >= 4 is 5.97 Å². The van der Waals surface area contributed by atoms with E-state index >= 15 is 0 Å². The third kappa shape index (κ3) is 3.90. The first-order valence-electron chi connectivity index (χ1n) is 5.34. The van der Waals surface area contributed by atoms with Gasteiger partial charge in [0, 0.05) is 18.0 Å². The van der Waals surface area contributed by atoms with Gasteiger partial charge in [-0.15, -0.1) is 0 Å². The molecule has 4 nitrogen and oxygen atoms in total. The molecule has 0 fully saturated rings. The molecule has 0 amide bonds. The van der Waals surface area contributed by atoms with Crippen LogP contribution in [0.4, 0.5) is 0 Å². The minimum Gasteiger partial charge on any atom is -0.508 e. The van der Waals surface area contributed by atoms with Gasteiger partial charge in [-0.3, -0.25) is 4.79 Å². The Morgan fingerprint density at radius 2 is 2.12 bits per heavy atom. The molecule has 1 aromatic rings. The van der Waals surface area contributed by atoms with Crippen molar-refractivity contribution in [3.8, 4) is 5.75 Å². The highest BCUT2D eigenvalue weighted by Gasteiger charge is 2.08. The lowest BCUT2D eigenvalue weighted by Crippen LogP contribution is -2.20. The maximum absolute atomic E-state index is 10.3. The number of rotatable bonds is 6. The number of phenols is 1. The molecule has 0 aliphatic rings. The van der Waals surface area contributed by atoms with Crippen LogP contribution in [-0.2, 0) is 4.79 Å². The molecule has 0 aromatic heterocycles. The van der Waals surface area contributed by atoms with Gasteiger partial charge in [0.05, 0.1) is 0 Å². The summed E-state index contributed by atoms with van der Waals surface area (Å²) in [4.78, 5) is 10.3. The number of aromatic hydroxyl groups is 1. The number of nitrogens with one attached hydrogen (secondary N) is 1. The first kappa shape index (κ1) is 12.5. The van der Waals surface area contributed by atoms with E-state index in [2.05, 4.69) is 5.32 Å². The van der Waals surface area contributed by atoms with E-state index in [4.69, 9.17) is 5.11 Å². The number of aliphatic carboxylic acids is 1. The third-order valence-electron chi connectivity index (χ3n) is 2.42. The molecule has 0 aliphatic carbocycles. The zero-order valence-corrected chi connectivity index (χ0v) is 9.31. The predicted molar refractivity (Wildman–Crippen MR) is 61.4 cm³/mol. The van der Waals surface area contributed by atoms with Gasteiger partial charge >= 0.3 is 5.97 Å². The number of carboxylic acids is 1. The van der Waals surface area contributed by atoms with Crippen molar-refractivity contribution in [2.45, 2.75) is 25.8 Å². The van der Waals surface area contributed by atoms with Gasteiger partial charge in [0.2, 0.25) is 0 Å². The molecule has 0 aliphatic heterocycles. The highest BCUT2D eigenvalue weighted by molar-refractivity contribution is 5.66. The van der Waals surface area contributed by atoms with Crippen LogP contribution in [0.1, 0.15) is 31.4 Å². The number of benzene rings is 1. The Labute approximate surface area is 94.9 Å². The normalized spacial score (nSPS) is 12.3. The molecule has 1 unspecified atom stereocenters. The summed E-state index contributed by atoms with van der Waals surface area (Å²) in [5.74, 6) is -0.516. The predicted octanol–water partition coefficient (Wildman–Crippen LogP) is 1.91. The van der Waals surface area contributed by atoms with Crippen LogP contribution in [0.15, 0.2) is 24.3 Å². The van der Waals surface area contributed by atoms with Gasteiger partial charge in [-0.2, -0.15) is 0 Å². The van der Waals surface area contributed by atoms with Gasteiger partial charge in [-0.25, -0.2) is 0 Å². The fourth-order valence-corrected chi connectivity index (χ4v) is 1.52. The Kier molecular flexibility index (Phi) is 4.79. The minimum absolute atomic E-state index is 0.0231. The van der Waals surface area contributed by atoms with Gasteiger partial charge in [0.25, 0.3) is 0 Å². The summed E-state index contributed by atoms with van der Waals surface area (Å²) < 4.78 is 0. The SMILES string of the molecule is CC(NCCCC(=O)O)c1ccccc1O. The lowest BCUT2D eigenvalue weighted by molar-refractivity contribution is -0.137. The lowest BCUT2D eigenvalue weighted by atomic mass is 10.1. The van der Waals surface area contributed by atoms with Gasteiger partial charge in [-0.1, -0.05) is 18.2 Å². The zero-order chi connectivity index (χ0) is 12.0. The highest BCUT2D eigenvalue weighted by Crippen LogP contribution is 2.22. The molecule has 4 heteroatoms. The van der Waals surface area contributed by atoms with Crippen molar-refractivity contribution in [3.05, 3.63) is 29.8 Å². The van der Waals surface area contributed by atoms with E-state index in [0.717, 1.165) is 5.56 Å². The molecule has 3 N–H and O–H groups in total. The first-order valence-corrected chi connectivity index (χ1v) is 5.34. The van der Waals surface area contributed by atoms with Crippen molar-refractivity contribution < 1.29 is 15.0 Å². The summed E-state index contributed by atoms with van der Waals surface area (Å²) in [7, 11) is 0. The molecule has 1 rings (SSSR count). The number of phenolic OH excluding ortho intramolecular Hbond substituents is 1. The van der Waals surface area contributed by atoms with Gasteiger partial charge in [0.1, 0.15) is 5.75 Å². The fraction of sp³-hybridized carbons (Fsp3) is 0.417. The van der Waals surface area contributed by atoms with Crippen molar-refractivity contribution in [3.63, 3.8) is 0 Å². The molecule has 0 heterocycles. The fourth-order valence-electron chi connectivity index (χ4n) is 1.52. The van der Waals surface area contributed by atoms with E-state index in [1.807, 2.05) is 19.1 Å². The Hall–Kier alpha value is -1.55. The minimum atomic E-state index is -0.781. The van der Waals surface area contributed by atoms with Crippen LogP contribution in [-0.4, -0.2) is 22.7 Å². The van der Waals surface area contributed by atoms with Crippen LogP contribution < -0.4 is 5.32 Å². The Balaban J connectivity index is 2.38. The molecule has 0 radical (unpaired) electrons. The van der Waals surface area contributed by atoms with Crippen molar-refractivity contribution in [2.75, 3.05) is 6.54 Å². The summed E-state index contributed by atoms with van der Waals surface area (Å²) in [5, 5.41) is 21.2. The summed E-state index contributed by atoms with van der Waals surface area (Å²) in [5.41, 5.74) is 0.831. The number of hydrogen-bond donors (Lipinski definition) is 3. The summed E-state index contributed by atoms with van der Waals surface area (Å²) in [6.45, 7) is 2.57. The second-order valence-electron chi connectivity index (χ2n) is 3.73. The van der Waals surface area contributed by atoms with Gasteiger partial charge < -0.3 is 15.5 Å². The second-order valence-corrected chi connectivity index (χ2v) is 3.73. The Morgan fingerprint density at radius 1 is 1.44 bits per heavy atom. The van der Waals surface area contributed by atoms with Crippen molar-refractivity contribution in [2.24, 2.45) is 0 Å². The van der Waals surface area contributed by atoms with Crippen LogP contribution in [0.2, 0.25) is 0 Å². The van der Waals surface area contributed by atoms with Gasteiger partial charge in [0.15, 0.2) is 0 Å². The van der Waals surface area contributed by atoms with E-state index < -0.39 is 5.97 Å². The lowest BCUT2D eigenvalue weighted by Gasteiger charge is -2.14. The van der Waals surface area contributed by atoms with E-state index in [-0.39, 0.29) is 18.2 Å². The highest BCUT2D eigenvalue weighted by atomic mass is 16.4. The summed E-state index contributed by atoms with van der Waals surface area (Å²) in [6, 6.07) is 7.16. The molecular formula is C12H17NO3. The topological polar surface area (TPSA) is 69.6 Å². The average Bonchev–Trinajstić information content (AvgIpc) is 2.24. The monoisotopic (exact) mass is 223 g/mol. The summed E-state index contributed by atoms with van der Waals surface area (Å²) >= 11 is 0. The Morgan fingerprint density at radius 3 is 2.75 bits per heavy atom. The maximum atomic E-state index is 10.3. The first-order chi connectivity index (χ1) is 7.61. The van der Waals surface area contributed by atoms with Crippen LogP contribution in [0, 0.1) is 0 Å². The van der Waals surface area contributed by atoms with Crippen molar-refractivity contribution in [1.29, 1.82) is 0 Å². The number of carboxylic acid groups (broad SMARTS) is 1. The van der Waals surface area contributed by atoms with E-state index in [0.29, 0.717) is 13.0 Å². The molecule has 16 heavy (non-hydrogen) atoms. The molecule has 0 bridgehead atoms.